The average molecular weight is 586 g/mol. The molecule has 0 N–H and O–H groups in total. The second-order valence-electron chi connectivity index (χ2n) is 12.1. The molecule has 0 aliphatic carbocycles. The molecule has 3 nitrogen and oxygen atoms in total. The summed E-state index contributed by atoms with van der Waals surface area (Å²) in [5, 5.41) is 2.50. The predicted molar refractivity (Wildman–Crippen MR) is 194 cm³/mol. The number of para-hydroxylation sites is 5. The van der Waals surface area contributed by atoms with Crippen LogP contribution in [0, 0.1) is 0 Å². The molecule has 0 atom stereocenters. The fraction of sp³-hybridized carbons (Fsp3) is 0. The van der Waals surface area contributed by atoms with Crippen LogP contribution in [0.5, 0.6) is 0 Å². The van der Waals surface area contributed by atoms with Gasteiger partial charge in [-0.15, -0.1) is 0 Å². The molecule has 2 aliphatic heterocycles. The molecule has 3 heterocycles. The summed E-state index contributed by atoms with van der Waals surface area (Å²) >= 11 is 0. The fourth-order valence-corrected chi connectivity index (χ4v) is 7.89. The van der Waals surface area contributed by atoms with Crippen molar-refractivity contribution >= 4 is 57.0 Å². The van der Waals surface area contributed by atoms with Crippen molar-refractivity contribution in [3.05, 3.63) is 170 Å². The Hall–Kier alpha value is -6.00. The van der Waals surface area contributed by atoms with E-state index in [1.807, 2.05) is 0 Å². The van der Waals surface area contributed by atoms with Gasteiger partial charge in [0.2, 0.25) is 0 Å². The summed E-state index contributed by atoms with van der Waals surface area (Å²) in [6.45, 7) is -0.0849. The first-order chi connectivity index (χ1) is 22.9. The highest BCUT2D eigenvalue weighted by Gasteiger charge is 2.46. The van der Waals surface area contributed by atoms with Gasteiger partial charge in [-0.05, 0) is 77.3 Å². The molecule has 4 heteroatoms. The topological polar surface area (TPSA) is 11.4 Å². The van der Waals surface area contributed by atoms with Crippen molar-refractivity contribution in [3.63, 3.8) is 0 Å². The van der Waals surface area contributed by atoms with Gasteiger partial charge in [-0.25, -0.2) is 0 Å². The highest BCUT2D eigenvalue weighted by molar-refractivity contribution is 6.86. The van der Waals surface area contributed by atoms with Gasteiger partial charge in [0.1, 0.15) is 0 Å². The van der Waals surface area contributed by atoms with Crippen molar-refractivity contribution < 1.29 is 0 Å². The lowest BCUT2D eigenvalue weighted by molar-refractivity contribution is 1.18. The van der Waals surface area contributed by atoms with Crippen LogP contribution < -0.4 is 15.1 Å². The highest BCUT2D eigenvalue weighted by Crippen LogP contribution is 2.49. The van der Waals surface area contributed by atoms with E-state index in [4.69, 9.17) is 0 Å². The molecular formula is C42H28BN3. The zero-order chi connectivity index (χ0) is 30.2. The normalized spacial score (nSPS) is 13.1. The molecule has 46 heavy (non-hydrogen) atoms. The number of fused-ring (bicyclic) bond motifs is 7. The first kappa shape index (κ1) is 25.3. The van der Waals surface area contributed by atoms with Crippen LogP contribution in [0.2, 0.25) is 0 Å². The van der Waals surface area contributed by atoms with Crippen LogP contribution in [0.4, 0.5) is 22.7 Å². The number of rotatable bonds is 3. The van der Waals surface area contributed by atoms with Crippen molar-refractivity contribution in [1.29, 1.82) is 0 Å². The third kappa shape index (κ3) is 3.50. The van der Waals surface area contributed by atoms with Gasteiger partial charge in [0.05, 0.1) is 11.0 Å². The van der Waals surface area contributed by atoms with E-state index in [-0.39, 0.29) is 6.98 Å². The summed E-state index contributed by atoms with van der Waals surface area (Å²) < 4.78 is 2.39. The summed E-state index contributed by atoms with van der Waals surface area (Å²) in [6.07, 6.45) is 0. The minimum atomic E-state index is -0.0849. The molecule has 0 bridgehead atoms. The lowest BCUT2D eigenvalue weighted by Gasteiger charge is -2.47. The minimum Gasteiger partial charge on any atom is -0.361 e. The van der Waals surface area contributed by atoms with Crippen molar-refractivity contribution in [1.82, 2.24) is 4.57 Å². The molecule has 0 spiro atoms. The Labute approximate surface area is 268 Å². The maximum Gasteiger partial charge on any atom is 0.421 e. The van der Waals surface area contributed by atoms with Crippen LogP contribution >= 0.6 is 0 Å². The Kier molecular flexibility index (Phi) is 5.37. The van der Waals surface area contributed by atoms with E-state index in [9.17, 15) is 0 Å². The summed E-state index contributed by atoms with van der Waals surface area (Å²) in [5.41, 5.74) is 14.8. The van der Waals surface area contributed by atoms with Crippen molar-refractivity contribution in [2.24, 2.45) is 0 Å². The SMILES string of the molecule is c1ccc(N2B3c4c(cccc4-c4ccccc4N3c3ccc4c(c3)c3ccccc3n4-c3ccccc3)-c3ccccc32)cc1. The van der Waals surface area contributed by atoms with Crippen LogP contribution in [-0.4, -0.2) is 11.5 Å². The molecule has 1 aromatic heterocycles. The Morgan fingerprint density at radius 3 is 1.57 bits per heavy atom. The zero-order valence-corrected chi connectivity index (χ0v) is 25.1. The number of hydrogen-bond acceptors (Lipinski definition) is 2. The lowest BCUT2D eigenvalue weighted by atomic mass is 9.53. The molecule has 7 aromatic carbocycles. The van der Waals surface area contributed by atoms with Gasteiger partial charge >= 0.3 is 6.98 Å². The van der Waals surface area contributed by atoms with Crippen molar-refractivity contribution in [3.8, 4) is 27.9 Å². The summed E-state index contributed by atoms with van der Waals surface area (Å²) in [5.74, 6) is 0. The quantitative estimate of drug-likeness (QED) is 0.191. The number of hydrogen-bond donors (Lipinski definition) is 0. The number of nitrogens with zero attached hydrogens (tertiary/aromatic N) is 3. The van der Waals surface area contributed by atoms with E-state index in [2.05, 4.69) is 184 Å². The van der Waals surface area contributed by atoms with E-state index < -0.39 is 0 Å². The zero-order valence-electron chi connectivity index (χ0n) is 25.1. The first-order valence-electron chi connectivity index (χ1n) is 15.9. The monoisotopic (exact) mass is 585 g/mol. The Morgan fingerprint density at radius 1 is 0.348 bits per heavy atom. The molecule has 0 saturated heterocycles. The Morgan fingerprint density at radius 2 is 0.870 bits per heavy atom. The van der Waals surface area contributed by atoms with Gasteiger partial charge in [-0.1, -0.05) is 109 Å². The molecule has 10 rings (SSSR count). The van der Waals surface area contributed by atoms with Crippen molar-refractivity contribution in [2.45, 2.75) is 0 Å². The molecule has 0 unspecified atom stereocenters. The second kappa shape index (κ2) is 9.75. The van der Waals surface area contributed by atoms with Crippen LogP contribution in [-0.2, 0) is 0 Å². The minimum absolute atomic E-state index is 0.0849. The van der Waals surface area contributed by atoms with Crippen LogP contribution in [0.15, 0.2) is 170 Å². The molecule has 0 saturated carbocycles. The summed E-state index contributed by atoms with van der Waals surface area (Å²) in [7, 11) is 0. The van der Waals surface area contributed by atoms with E-state index >= 15 is 0 Å². The maximum atomic E-state index is 2.57. The summed E-state index contributed by atoms with van der Waals surface area (Å²) in [6, 6.07) is 61.9. The first-order valence-corrected chi connectivity index (χ1v) is 15.9. The molecule has 0 fully saturated rings. The highest BCUT2D eigenvalue weighted by atomic mass is 15.2. The smallest absolute Gasteiger partial charge is 0.361 e. The number of anilines is 4. The lowest BCUT2D eigenvalue weighted by Crippen LogP contribution is -2.61. The van der Waals surface area contributed by atoms with Crippen molar-refractivity contribution in [2.75, 3.05) is 9.62 Å². The molecule has 2 aliphatic rings. The van der Waals surface area contributed by atoms with Gasteiger partial charge in [-0.2, -0.15) is 0 Å². The average Bonchev–Trinajstić information content (AvgIpc) is 3.46. The Balaban J connectivity index is 1.29. The molecule has 214 valence electrons. The Bertz CT molecular complexity index is 2430. The largest absolute Gasteiger partial charge is 0.421 e. The molecule has 0 radical (unpaired) electrons. The van der Waals surface area contributed by atoms with Gasteiger partial charge in [0.25, 0.3) is 0 Å². The van der Waals surface area contributed by atoms with Gasteiger partial charge in [-0.3, -0.25) is 0 Å². The number of aromatic nitrogens is 1. The molecule has 8 aromatic rings. The van der Waals surface area contributed by atoms with E-state index in [0.717, 1.165) is 0 Å². The molecule has 0 amide bonds. The molecular weight excluding hydrogens is 557 g/mol. The van der Waals surface area contributed by atoms with E-state index in [1.54, 1.807) is 0 Å². The van der Waals surface area contributed by atoms with Gasteiger partial charge < -0.3 is 14.2 Å². The fourth-order valence-electron chi connectivity index (χ4n) is 7.89. The van der Waals surface area contributed by atoms with Crippen LogP contribution in [0.25, 0.3) is 49.7 Å². The third-order valence-electron chi connectivity index (χ3n) is 9.74. The van der Waals surface area contributed by atoms with Crippen LogP contribution in [0.1, 0.15) is 0 Å². The van der Waals surface area contributed by atoms with E-state index in [1.165, 1.54) is 78.0 Å². The summed E-state index contributed by atoms with van der Waals surface area (Å²) in [4.78, 5) is 5.10. The number of benzene rings is 7. The van der Waals surface area contributed by atoms with E-state index in [0.29, 0.717) is 0 Å². The van der Waals surface area contributed by atoms with Gasteiger partial charge in [0.15, 0.2) is 0 Å². The van der Waals surface area contributed by atoms with Gasteiger partial charge in [0, 0.05) is 50.3 Å². The third-order valence-corrected chi connectivity index (χ3v) is 9.74. The predicted octanol–water partition coefficient (Wildman–Crippen LogP) is 10.1. The van der Waals surface area contributed by atoms with Crippen LogP contribution in [0.3, 0.4) is 0 Å². The maximum absolute atomic E-state index is 2.57. The standard InChI is InChI=1S/C42H28BN3/c1-3-14-29(15-4-1)44-38-23-10-7-20-34(38)37-28-31(26-27-39(37)44)46-41-25-12-9-19-33(41)36-22-13-21-35-32-18-8-11-24-40(32)45(43(46)42(35)36)30-16-5-2-6-17-30/h1-28H. The second-order valence-corrected chi connectivity index (χ2v) is 12.1.